The van der Waals surface area contributed by atoms with Gasteiger partial charge in [0.2, 0.25) is 5.89 Å². The maximum absolute atomic E-state index is 12.1. The van der Waals surface area contributed by atoms with E-state index >= 15 is 0 Å². The first kappa shape index (κ1) is 17.4. The molecule has 1 aromatic carbocycles. The fraction of sp³-hybridized carbons (Fsp3) is 0.500. The minimum absolute atomic E-state index is 0.180. The number of carbonyl (C=O) groups is 1. The highest BCUT2D eigenvalue weighted by Gasteiger charge is 2.27. The van der Waals surface area contributed by atoms with Gasteiger partial charge in [0.05, 0.1) is 6.54 Å². The van der Waals surface area contributed by atoms with Crippen molar-refractivity contribution in [1.82, 2.24) is 25.7 Å². The minimum Gasteiger partial charge on any atom is -0.340 e. The summed E-state index contributed by atoms with van der Waals surface area (Å²) in [6, 6.07) is 10.5. The fourth-order valence-electron chi connectivity index (χ4n) is 3.22. The molecule has 1 aliphatic heterocycles. The van der Waals surface area contributed by atoms with Crippen LogP contribution < -0.4 is 10.6 Å². The van der Waals surface area contributed by atoms with E-state index in [1.165, 1.54) is 5.56 Å². The van der Waals surface area contributed by atoms with Crippen LogP contribution in [-0.4, -0.2) is 40.2 Å². The molecule has 2 heterocycles. The van der Waals surface area contributed by atoms with Crippen LogP contribution in [0.5, 0.6) is 0 Å². The van der Waals surface area contributed by atoms with Crippen molar-refractivity contribution in [2.75, 3.05) is 13.1 Å². The van der Waals surface area contributed by atoms with E-state index in [2.05, 4.69) is 56.9 Å². The number of rotatable bonds is 5. The average molecular weight is 343 g/mol. The van der Waals surface area contributed by atoms with Gasteiger partial charge in [0.15, 0.2) is 5.82 Å². The van der Waals surface area contributed by atoms with Gasteiger partial charge in [0, 0.05) is 32.6 Å². The number of nitrogens with one attached hydrogen (secondary N) is 2. The van der Waals surface area contributed by atoms with E-state index in [1.54, 1.807) is 6.92 Å². The third kappa shape index (κ3) is 5.03. The molecular formula is C18H25N5O2. The molecule has 1 fully saturated rings. The van der Waals surface area contributed by atoms with Crippen molar-refractivity contribution in [3.63, 3.8) is 0 Å². The van der Waals surface area contributed by atoms with Gasteiger partial charge in [-0.3, -0.25) is 4.90 Å². The van der Waals surface area contributed by atoms with Gasteiger partial charge < -0.3 is 15.2 Å². The predicted molar refractivity (Wildman–Crippen MR) is 93.7 cm³/mol. The molecule has 2 amide bonds. The maximum Gasteiger partial charge on any atom is 0.315 e. The number of benzene rings is 1. The Morgan fingerprint density at radius 2 is 2.16 bits per heavy atom. The largest absolute Gasteiger partial charge is 0.340 e. The molecular weight excluding hydrogens is 318 g/mol. The van der Waals surface area contributed by atoms with Crippen LogP contribution in [0.4, 0.5) is 4.79 Å². The van der Waals surface area contributed by atoms with Crippen molar-refractivity contribution in [3.05, 3.63) is 47.6 Å². The summed E-state index contributed by atoms with van der Waals surface area (Å²) >= 11 is 0. The molecule has 2 N–H and O–H groups in total. The van der Waals surface area contributed by atoms with Crippen LogP contribution in [0.3, 0.4) is 0 Å². The lowest BCUT2D eigenvalue weighted by Crippen LogP contribution is -2.52. The smallest absolute Gasteiger partial charge is 0.315 e. The van der Waals surface area contributed by atoms with E-state index in [0.717, 1.165) is 26.1 Å². The van der Waals surface area contributed by atoms with Crippen molar-refractivity contribution in [3.8, 4) is 0 Å². The Morgan fingerprint density at radius 1 is 1.36 bits per heavy atom. The number of amides is 2. The standard InChI is InChI=1S/C18H25N5O2/c1-13-11-23(12-15-6-4-3-5-7-15)9-8-16(13)21-18(24)19-10-17-20-14(2)25-22-17/h3-7,13,16H,8-12H2,1-2H3,(H2,19,21,24)/t13-,16-/m0/s1. The molecule has 0 aliphatic carbocycles. The lowest BCUT2D eigenvalue weighted by molar-refractivity contribution is 0.142. The van der Waals surface area contributed by atoms with Crippen LogP contribution in [0.25, 0.3) is 0 Å². The Bertz CT molecular complexity index is 688. The Morgan fingerprint density at radius 3 is 2.84 bits per heavy atom. The number of aromatic nitrogens is 2. The van der Waals surface area contributed by atoms with Crippen LogP contribution in [0.1, 0.15) is 30.6 Å². The first-order valence-electron chi connectivity index (χ1n) is 8.70. The van der Waals surface area contributed by atoms with E-state index in [-0.39, 0.29) is 18.6 Å². The summed E-state index contributed by atoms with van der Waals surface area (Å²) in [5.41, 5.74) is 1.33. The van der Waals surface area contributed by atoms with E-state index in [0.29, 0.717) is 17.6 Å². The minimum atomic E-state index is -0.184. The summed E-state index contributed by atoms with van der Waals surface area (Å²) in [6.07, 6.45) is 0.947. The summed E-state index contributed by atoms with van der Waals surface area (Å²) < 4.78 is 4.89. The molecule has 7 nitrogen and oxygen atoms in total. The number of piperidine rings is 1. The van der Waals surface area contributed by atoms with Crippen molar-refractivity contribution >= 4 is 6.03 Å². The van der Waals surface area contributed by atoms with Crippen LogP contribution in [0.2, 0.25) is 0 Å². The highest BCUT2D eigenvalue weighted by molar-refractivity contribution is 5.74. The van der Waals surface area contributed by atoms with Crippen molar-refractivity contribution in [1.29, 1.82) is 0 Å². The van der Waals surface area contributed by atoms with Gasteiger partial charge in [0.1, 0.15) is 0 Å². The van der Waals surface area contributed by atoms with E-state index in [1.807, 2.05) is 6.07 Å². The van der Waals surface area contributed by atoms with Gasteiger partial charge in [0.25, 0.3) is 0 Å². The molecule has 2 atom stereocenters. The number of hydrogen-bond acceptors (Lipinski definition) is 5. The number of aryl methyl sites for hydroxylation is 1. The Balaban J connectivity index is 1.42. The van der Waals surface area contributed by atoms with Crippen LogP contribution >= 0.6 is 0 Å². The molecule has 25 heavy (non-hydrogen) atoms. The molecule has 0 unspecified atom stereocenters. The lowest BCUT2D eigenvalue weighted by atomic mass is 9.93. The number of nitrogens with zero attached hydrogens (tertiary/aromatic N) is 3. The first-order chi connectivity index (χ1) is 12.1. The SMILES string of the molecule is Cc1nc(CNC(=O)N[C@H]2CCN(Cc3ccccc3)C[C@@H]2C)no1. The summed E-state index contributed by atoms with van der Waals surface area (Å²) in [6.45, 7) is 7.09. The molecule has 134 valence electrons. The zero-order valence-electron chi connectivity index (χ0n) is 14.7. The molecule has 0 radical (unpaired) electrons. The summed E-state index contributed by atoms with van der Waals surface area (Å²) in [4.78, 5) is 18.6. The van der Waals surface area contributed by atoms with E-state index in [4.69, 9.17) is 4.52 Å². The van der Waals surface area contributed by atoms with Gasteiger partial charge in [-0.05, 0) is 17.9 Å². The number of carbonyl (C=O) groups excluding carboxylic acids is 1. The van der Waals surface area contributed by atoms with Gasteiger partial charge in [-0.15, -0.1) is 0 Å². The monoisotopic (exact) mass is 343 g/mol. The number of hydrogen-bond donors (Lipinski definition) is 2. The van der Waals surface area contributed by atoms with Crippen molar-refractivity contribution < 1.29 is 9.32 Å². The van der Waals surface area contributed by atoms with Gasteiger partial charge in [-0.1, -0.05) is 42.4 Å². The second-order valence-electron chi connectivity index (χ2n) is 6.65. The zero-order chi connectivity index (χ0) is 17.6. The molecule has 1 aromatic heterocycles. The molecule has 0 spiro atoms. The van der Waals surface area contributed by atoms with Crippen LogP contribution in [-0.2, 0) is 13.1 Å². The number of urea groups is 1. The second kappa shape index (κ2) is 8.11. The number of likely N-dealkylation sites (tertiary alicyclic amines) is 1. The second-order valence-corrected chi connectivity index (χ2v) is 6.65. The third-order valence-corrected chi connectivity index (χ3v) is 4.53. The summed E-state index contributed by atoms with van der Waals surface area (Å²) in [7, 11) is 0. The molecule has 1 saturated heterocycles. The van der Waals surface area contributed by atoms with Gasteiger partial charge in [-0.2, -0.15) is 4.98 Å². The lowest BCUT2D eigenvalue weighted by Gasteiger charge is -2.37. The Hall–Kier alpha value is -2.41. The van der Waals surface area contributed by atoms with E-state index in [9.17, 15) is 4.79 Å². The van der Waals surface area contributed by atoms with Crippen LogP contribution in [0, 0.1) is 12.8 Å². The van der Waals surface area contributed by atoms with E-state index < -0.39 is 0 Å². The zero-order valence-corrected chi connectivity index (χ0v) is 14.7. The third-order valence-electron chi connectivity index (χ3n) is 4.53. The van der Waals surface area contributed by atoms with Crippen molar-refractivity contribution in [2.45, 2.75) is 39.4 Å². The normalized spacial score (nSPS) is 21.0. The summed E-state index contributed by atoms with van der Waals surface area (Å²) in [5, 5.41) is 9.61. The van der Waals surface area contributed by atoms with Gasteiger partial charge in [-0.25, -0.2) is 4.79 Å². The molecule has 1 aliphatic rings. The molecule has 0 saturated carbocycles. The van der Waals surface area contributed by atoms with Crippen molar-refractivity contribution in [2.24, 2.45) is 5.92 Å². The van der Waals surface area contributed by atoms with Gasteiger partial charge >= 0.3 is 6.03 Å². The Labute approximate surface area is 147 Å². The van der Waals surface area contributed by atoms with Crippen LogP contribution in [0.15, 0.2) is 34.9 Å². The highest BCUT2D eigenvalue weighted by Crippen LogP contribution is 2.18. The topological polar surface area (TPSA) is 83.3 Å². The predicted octanol–water partition coefficient (Wildman–Crippen LogP) is 2.09. The first-order valence-corrected chi connectivity index (χ1v) is 8.70. The summed E-state index contributed by atoms with van der Waals surface area (Å²) in [5.74, 6) is 1.38. The quantitative estimate of drug-likeness (QED) is 0.868. The molecule has 7 heteroatoms. The highest BCUT2D eigenvalue weighted by atomic mass is 16.5. The molecule has 3 rings (SSSR count). The fourth-order valence-corrected chi connectivity index (χ4v) is 3.22. The maximum atomic E-state index is 12.1. The molecule has 2 aromatic rings. The molecule has 0 bridgehead atoms. The average Bonchev–Trinajstić information content (AvgIpc) is 3.02. The Kier molecular flexibility index (Phi) is 5.65.